The van der Waals surface area contributed by atoms with Gasteiger partial charge in [0.2, 0.25) is 0 Å². The second-order valence-electron chi connectivity index (χ2n) is 7.46. The van der Waals surface area contributed by atoms with Gasteiger partial charge in [-0.05, 0) is 42.8 Å². The number of amidine groups is 1. The van der Waals surface area contributed by atoms with Gasteiger partial charge < -0.3 is 16.0 Å². The monoisotopic (exact) mass is 449 g/mol. The lowest BCUT2D eigenvalue weighted by Crippen LogP contribution is -2.30. The Morgan fingerprint density at radius 2 is 1.84 bits per heavy atom. The molecule has 1 aliphatic heterocycles. The zero-order valence-electron chi connectivity index (χ0n) is 17.0. The highest BCUT2D eigenvalue weighted by Gasteiger charge is 2.25. The summed E-state index contributed by atoms with van der Waals surface area (Å²) in [6, 6.07) is 15.3. The fourth-order valence-electron chi connectivity index (χ4n) is 4.02. The van der Waals surface area contributed by atoms with Gasteiger partial charge in [-0.2, -0.15) is 0 Å². The number of nitrogens with two attached hydrogens (primary N) is 1. The van der Waals surface area contributed by atoms with Crippen LogP contribution >= 0.6 is 11.6 Å². The molecule has 32 heavy (non-hydrogen) atoms. The third-order valence-electron chi connectivity index (χ3n) is 5.51. The van der Waals surface area contributed by atoms with E-state index in [0.29, 0.717) is 11.5 Å². The lowest BCUT2D eigenvalue weighted by atomic mass is 10.0. The van der Waals surface area contributed by atoms with Crippen molar-refractivity contribution >= 4 is 51.1 Å². The van der Waals surface area contributed by atoms with Crippen molar-refractivity contribution in [2.75, 3.05) is 16.9 Å². The van der Waals surface area contributed by atoms with Gasteiger partial charge in [0.15, 0.2) is 5.82 Å². The summed E-state index contributed by atoms with van der Waals surface area (Å²) < 4.78 is 29.0. The summed E-state index contributed by atoms with van der Waals surface area (Å²) in [6.07, 6.45) is 1.64. The molecule has 0 fully saturated rings. The van der Waals surface area contributed by atoms with E-state index in [1.807, 2.05) is 36.1 Å². The standard InChI is InChI=1S/C24H18ClF2N5/c1-13-8-9-15-14(10-11-29-24(15)31-18-6-2-4-16(25)21(18)27)22(13)32-12-30-23(28)20-17(26)5-3-7-19(20)32/h2-11H,12H2,1H3,(H2,28,30)(H,29,31). The average molecular weight is 450 g/mol. The first-order valence-corrected chi connectivity index (χ1v) is 10.3. The molecule has 0 saturated heterocycles. The number of anilines is 4. The van der Waals surface area contributed by atoms with Crippen LogP contribution in [-0.2, 0) is 0 Å². The molecule has 0 aliphatic carbocycles. The molecule has 1 aliphatic rings. The number of pyridine rings is 1. The van der Waals surface area contributed by atoms with Crippen molar-refractivity contribution in [3.8, 4) is 0 Å². The van der Waals surface area contributed by atoms with Crippen LogP contribution in [0.1, 0.15) is 11.1 Å². The van der Waals surface area contributed by atoms with Crippen molar-refractivity contribution < 1.29 is 8.78 Å². The molecule has 3 N–H and O–H groups in total. The molecule has 8 heteroatoms. The Kier molecular flexibility index (Phi) is 4.90. The maximum atomic E-state index is 14.5. The number of benzene rings is 3. The quantitative estimate of drug-likeness (QED) is 0.400. The first kappa shape index (κ1) is 20.2. The summed E-state index contributed by atoms with van der Waals surface area (Å²) in [6.45, 7) is 2.22. The van der Waals surface area contributed by atoms with Crippen molar-refractivity contribution in [1.29, 1.82) is 0 Å². The van der Waals surface area contributed by atoms with Crippen molar-refractivity contribution in [2.45, 2.75) is 6.92 Å². The number of aliphatic imine (C=N–C) groups is 1. The number of fused-ring (bicyclic) bond motifs is 2. The third-order valence-corrected chi connectivity index (χ3v) is 5.81. The maximum absolute atomic E-state index is 14.5. The fraction of sp³-hybridized carbons (Fsp3) is 0.0833. The first-order valence-electron chi connectivity index (χ1n) is 9.91. The normalized spacial score (nSPS) is 13.1. The second kappa shape index (κ2) is 7.76. The molecule has 4 aromatic rings. The van der Waals surface area contributed by atoms with E-state index in [1.54, 1.807) is 24.4 Å². The van der Waals surface area contributed by atoms with Crippen LogP contribution in [0.3, 0.4) is 0 Å². The van der Waals surface area contributed by atoms with Crippen LogP contribution < -0.4 is 16.0 Å². The highest BCUT2D eigenvalue weighted by atomic mass is 35.5. The van der Waals surface area contributed by atoms with Crippen LogP contribution in [0, 0.1) is 18.6 Å². The summed E-state index contributed by atoms with van der Waals surface area (Å²) in [5, 5.41) is 4.70. The number of nitrogens with zero attached hydrogens (tertiary/aromatic N) is 3. The van der Waals surface area contributed by atoms with E-state index in [9.17, 15) is 8.78 Å². The summed E-state index contributed by atoms with van der Waals surface area (Å²) >= 11 is 5.92. The smallest absolute Gasteiger partial charge is 0.165 e. The van der Waals surface area contributed by atoms with Crippen molar-refractivity contribution in [3.63, 3.8) is 0 Å². The Morgan fingerprint density at radius 3 is 2.69 bits per heavy atom. The van der Waals surface area contributed by atoms with Gasteiger partial charge in [-0.15, -0.1) is 0 Å². The van der Waals surface area contributed by atoms with Crippen LogP contribution in [0.15, 0.2) is 65.8 Å². The minimum atomic E-state index is -0.550. The average Bonchev–Trinajstić information content (AvgIpc) is 2.78. The highest BCUT2D eigenvalue weighted by Crippen LogP contribution is 2.40. The Bertz CT molecular complexity index is 1400. The molecule has 5 nitrogen and oxygen atoms in total. The maximum Gasteiger partial charge on any atom is 0.165 e. The molecule has 0 spiro atoms. The fourth-order valence-corrected chi connectivity index (χ4v) is 4.19. The predicted octanol–water partition coefficient (Wildman–Crippen LogP) is 6.03. The highest BCUT2D eigenvalue weighted by molar-refractivity contribution is 6.31. The van der Waals surface area contributed by atoms with Gasteiger partial charge in [0, 0.05) is 17.0 Å². The Labute approximate surface area is 188 Å². The van der Waals surface area contributed by atoms with Crippen LogP contribution in [0.2, 0.25) is 5.02 Å². The molecular formula is C24H18ClF2N5. The van der Waals surface area contributed by atoms with Gasteiger partial charge in [0.05, 0.1) is 27.6 Å². The van der Waals surface area contributed by atoms with E-state index in [4.69, 9.17) is 17.3 Å². The summed E-state index contributed by atoms with van der Waals surface area (Å²) in [7, 11) is 0. The van der Waals surface area contributed by atoms with Crippen LogP contribution in [0.5, 0.6) is 0 Å². The summed E-state index contributed by atoms with van der Waals surface area (Å²) in [5.74, 6) is -0.325. The van der Waals surface area contributed by atoms with Crippen molar-refractivity contribution in [1.82, 2.24) is 4.98 Å². The van der Waals surface area contributed by atoms with Gasteiger partial charge in [-0.25, -0.2) is 18.8 Å². The molecular weight excluding hydrogens is 432 g/mol. The molecule has 0 amide bonds. The molecule has 160 valence electrons. The number of aryl methyl sites for hydroxylation is 1. The van der Waals surface area contributed by atoms with Gasteiger partial charge in [0.25, 0.3) is 0 Å². The molecule has 0 bridgehead atoms. The molecule has 3 aromatic carbocycles. The number of halogens is 3. The zero-order valence-corrected chi connectivity index (χ0v) is 17.8. The van der Waals surface area contributed by atoms with Crippen molar-refractivity contribution in [3.05, 3.63) is 88.6 Å². The second-order valence-corrected chi connectivity index (χ2v) is 7.87. The molecule has 0 unspecified atom stereocenters. The number of nitrogens with one attached hydrogen (secondary N) is 1. The Morgan fingerprint density at radius 1 is 1.03 bits per heavy atom. The molecule has 5 rings (SSSR count). The number of hydrogen-bond donors (Lipinski definition) is 2. The van der Waals surface area contributed by atoms with Crippen LogP contribution in [0.4, 0.5) is 31.7 Å². The summed E-state index contributed by atoms with van der Waals surface area (Å²) in [4.78, 5) is 10.7. The minimum absolute atomic E-state index is 0.0224. The SMILES string of the molecule is Cc1ccc2c(Nc3cccc(Cl)c3F)nccc2c1N1CN=C(N)c2c(F)cccc21. The zero-order chi connectivity index (χ0) is 22.4. The van der Waals surface area contributed by atoms with E-state index in [-0.39, 0.29) is 28.8 Å². The van der Waals surface area contributed by atoms with Crippen LogP contribution in [0.25, 0.3) is 10.8 Å². The van der Waals surface area contributed by atoms with Gasteiger partial charge in [-0.1, -0.05) is 35.9 Å². The lowest BCUT2D eigenvalue weighted by Gasteiger charge is -2.31. The molecule has 0 radical (unpaired) electrons. The third kappa shape index (κ3) is 3.22. The number of hydrogen-bond acceptors (Lipinski definition) is 5. The Balaban J connectivity index is 1.68. The van der Waals surface area contributed by atoms with E-state index >= 15 is 0 Å². The molecule has 1 aromatic heterocycles. The van der Waals surface area contributed by atoms with Gasteiger partial charge >= 0.3 is 0 Å². The van der Waals surface area contributed by atoms with E-state index in [0.717, 1.165) is 22.0 Å². The lowest BCUT2D eigenvalue weighted by molar-refractivity contribution is 0.623. The van der Waals surface area contributed by atoms with Crippen molar-refractivity contribution in [2.24, 2.45) is 10.7 Å². The van der Waals surface area contributed by atoms with Gasteiger partial charge in [-0.3, -0.25) is 0 Å². The van der Waals surface area contributed by atoms with E-state index in [2.05, 4.69) is 15.3 Å². The summed E-state index contributed by atoms with van der Waals surface area (Å²) in [5.41, 5.74) is 8.95. The molecule has 2 heterocycles. The molecule has 0 atom stereocenters. The largest absolute Gasteiger partial charge is 0.383 e. The molecule has 0 saturated carbocycles. The Hall–Kier alpha value is -3.71. The van der Waals surface area contributed by atoms with Gasteiger partial charge in [0.1, 0.15) is 24.1 Å². The first-order chi connectivity index (χ1) is 15.5. The van der Waals surface area contributed by atoms with E-state index in [1.165, 1.54) is 12.1 Å². The number of aromatic nitrogens is 1. The topological polar surface area (TPSA) is 66.5 Å². The van der Waals surface area contributed by atoms with Crippen LogP contribution in [-0.4, -0.2) is 17.5 Å². The number of rotatable bonds is 3. The van der Waals surface area contributed by atoms with E-state index < -0.39 is 11.6 Å². The predicted molar refractivity (Wildman–Crippen MR) is 125 cm³/mol. The minimum Gasteiger partial charge on any atom is -0.383 e.